The first-order valence-corrected chi connectivity index (χ1v) is 5.70. The lowest BCUT2D eigenvalue weighted by Crippen LogP contribution is -2.57. The van der Waals surface area contributed by atoms with Crippen LogP contribution in [0.5, 0.6) is 0 Å². The molecule has 3 nitrogen and oxygen atoms in total. The maximum Gasteiger partial charge on any atom is 0.460 e. The number of aryl methyl sites for hydroxylation is 2. The fraction of sp³-hybridized carbons (Fsp3) is 0.556. The Morgan fingerprint density at radius 1 is 1.10 bits per heavy atom. The van der Waals surface area contributed by atoms with Gasteiger partial charge in [0.1, 0.15) is 0 Å². The normalized spacial score (nSPS) is 13.4. The van der Waals surface area contributed by atoms with Gasteiger partial charge in [0.25, 0.3) is 0 Å². The van der Waals surface area contributed by atoms with Crippen LogP contribution in [0, 0.1) is 13.8 Å². The van der Waals surface area contributed by atoms with Gasteiger partial charge in [0.05, 0.1) is 5.69 Å². The first kappa shape index (κ1) is 16.7. The monoisotopic (exact) mass is 324 g/mol. The Labute approximate surface area is 111 Å². The van der Waals surface area contributed by atoms with Crippen molar-refractivity contribution in [3.05, 3.63) is 10.6 Å². The van der Waals surface area contributed by atoms with Gasteiger partial charge in [0.2, 0.25) is 0 Å². The Morgan fingerprint density at radius 2 is 1.60 bits per heavy atom. The Hall–Kier alpha value is -1.39. The van der Waals surface area contributed by atoms with E-state index in [1.54, 1.807) is 0 Å². The van der Waals surface area contributed by atoms with Crippen LogP contribution in [-0.4, -0.2) is 28.9 Å². The van der Waals surface area contributed by atoms with E-state index in [9.17, 15) is 35.5 Å². The number of rotatable bonds is 3. The summed E-state index contributed by atoms with van der Waals surface area (Å²) in [4.78, 5) is 15.0. The number of anilines is 1. The molecule has 1 aromatic rings. The van der Waals surface area contributed by atoms with E-state index in [1.807, 2.05) is 0 Å². The molecule has 0 saturated carbocycles. The SMILES string of the molecule is Cc1nc(NC(=O)C(F)(F)C(F)(F)C(F)(F)F)sc1C. The molecule has 20 heavy (non-hydrogen) atoms. The first-order valence-electron chi connectivity index (χ1n) is 4.88. The van der Waals surface area contributed by atoms with Crippen molar-refractivity contribution in [3.63, 3.8) is 0 Å². The summed E-state index contributed by atoms with van der Waals surface area (Å²) in [7, 11) is 0. The number of hydrogen-bond donors (Lipinski definition) is 1. The molecule has 1 aromatic heterocycles. The highest BCUT2D eigenvalue weighted by molar-refractivity contribution is 7.15. The quantitative estimate of drug-likeness (QED) is 0.864. The minimum absolute atomic E-state index is 0.330. The highest BCUT2D eigenvalue weighted by Gasteiger charge is 2.76. The molecule has 0 radical (unpaired) electrons. The van der Waals surface area contributed by atoms with Crippen LogP contribution in [-0.2, 0) is 4.79 Å². The number of nitrogens with one attached hydrogen (secondary N) is 1. The summed E-state index contributed by atoms with van der Waals surface area (Å²) < 4.78 is 86.8. The molecule has 1 rings (SSSR count). The lowest BCUT2D eigenvalue weighted by Gasteiger charge is -2.26. The maximum absolute atomic E-state index is 13.0. The fourth-order valence-electron chi connectivity index (χ4n) is 1.02. The van der Waals surface area contributed by atoms with E-state index in [4.69, 9.17) is 0 Å². The molecule has 0 spiro atoms. The van der Waals surface area contributed by atoms with E-state index < -0.39 is 29.1 Å². The largest absolute Gasteiger partial charge is 0.460 e. The molecule has 0 aliphatic heterocycles. The Balaban J connectivity index is 3.01. The van der Waals surface area contributed by atoms with Crippen LogP contribution in [0.25, 0.3) is 0 Å². The molecule has 11 heteroatoms. The van der Waals surface area contributed by atoms with E-state index in [0.717, 1.165) is 0 Å². The van der Waals surface area contributed by atoms with Gasteiger partial charge in [-0.15, -0.1) is 11.3 Å². The molecule has 1 N–H and O–H groups in total. The molecule has 1 heterocycles. The molecule has 0 fully saturated rings. The molecular formula is C9H7F7N2OS. The third-order valence-electron chi connectivity index (χ3n) is 2.28. The van der Waals surface area contributed by atoms with Crippen molar-refractivity contribution in [2.45, 2.75) is 31.9 Å². The smallest absolute Gasteiger partial charge is 0.296 e. The molecule has 114 valence electrons. The van der Waals surface area contributed by atoms with E-state index >= 15 is 0 Å². The number of thiazole rings is 1. The van der Waals surface area contributed by atoms with Crippen molar-refractivity contribution in [3.8, 4) is 0 Å². The Bertz CT molecular complexity index is 503. The number of carbonyl (C=O) groups excluding carboxylic acids is 1. The molecule has 0 atom stereocenters. The van der Waals surface area contributed by atoms with Crippen molar-refractivity contribution in [1.82, 2.24) is 4.98 Å². The first-order chi connectivity index (χ1) is 8.80. The topological polar surface area (TPSA) is 42.0 Å². The molecule has 0 aromatic carbocycles. The predicted octanol–water partition coefficient (Wildman–Crippen LogP) is 3.53. The van der Waals surface area contributed by atoms with Crippen molar-refractivity contribution >= 4 is 22.4 Å². The van der Waals surface area contributed by atoms with Crippen LogP contribution in [0.1, 0.15) is 10.6 Å². The predicted molar refractivity (Wildman–Crippen MR) is 56.2 cm³/mol. The van der Waals surface area contributed by atoms with Crippen LogP contribution >= 0.6 is 11.3 Å². The summed E-state index contributed by atoms with van der Waals surface area (Å²) >= 11 is 0.674. The second-order valence-electron chi connectivity index (χ2n) is 3.76. The fourth-order valence-corrected chi connectivity index (χ4v) is 1.83. The summed E-state index contributed by atoms with van der Waals surface area (Å²) in [6.07, 6.45) is -6.55. The van der Waals surface area contributed by atoms with Gasteiger partial charge >= 0.3 is 23.9 Å². The Kier molecular flexibility index (Phi) is 4.05. The van der Waals surface area contributed by atoms with Crippen LogP contribution in [0.3, 0.4) is 0 Å². The zero-order valence-corrected chi connectivity index (χ0v) is 10.7. The van der Waals surface area contributed by atoms with Gasteiger partial charge in [0, 0.05) is 4.88 Å². The van der Waals surface area contributed by atoms with Crippen LogP contribution in [0.15, 0.2) is 0 Å². The highest BCUT2D eigenvalue weighted by Crippen LogP contribution is 2.46. The van der Waals surface area contributed by atoms with Crippen LogP contribution in [0.4, 0.5) is 35.9 Å². The lowest BCUT2D eigenvalue weighted by molar-refractivity contribution is -0.343. The number of alkyl halides is 7. The Morgan fingerprint density at radius 3 is 1.95 bits per heavy atom. The zero-order chi connectivity index (χ0) is 15.9. The van der Waals surface area contributed by atoms with Crippen molar-refractivity contribution in [2.75, 3.05) is 5.32 Å². The number of amides is 1. The molecule has 1 amide bonds. The third-order valence-corrected chi connectivity index (χ3v) is 3.27. The minimum Gasteiger partial charge on any atom is -0.296 e. The zero-order valence-electron chi connectivity index (χ0n) is 9.91. The van der Waals surface area contributed by atoms with Crippen molar-refractivity contribution < 1.29 is 35.5 Å². The number of nitrogens with zero attached hydrogens (tertiary/aromatic N) is 1. The molecule has 0 bridgehead atoms. The van der Waals surface area contributed by atoms with Gasteiger partial charge in [-0.3, -0.25) is 10.1 Å². The summed E-state index contributed by atoms with van der Waals surface area (Å²) in [6, 6.07) is 0. The summed E-state index contributed by atoms with van der Waals surface area (Å²) in [5, 5.41) is 0.777. The van der Waals surface area contributed by atoms with E-state index in [2.05, 4.69) is 4.98 Å². The van der Waals surface area contributed by atoms with E-state index in [1.165, 1.54) is 19.2 Å². The number of aromatic nitrogens is 1. The number of hydrogen-bond acceptors (Lipinski definition) is 3. The summed E-state index contributed by atoms with van der Waals surface area (Å²) in [5.74, 6) is -15.2. The number of halogens is 7. The van der Waals surface area contributed by atoms with Crippen LogP contribution < -0.4 is 5.32 Å². The van der Waals surface area contributed by atoms with Gasteiger partial charge in [0.15, 0.2) is 5.13 Å². The number of carbonyl (C=O) groups is 1. The van der Waals surface area contributed by atoms with E-state index in [0.29, 0.717) is 21.9 Å². The summed E-state index contributed by atoms with van der Waals surface area (Å²) in [6.45, 7) is 2.95. The molecule has 0 unspecified atom stereocenters. The molecule has 0 saturated heterocycles. The second-order valence-corrected chi connectivity index (χ2v) is 4.96. The van der Waals surface area contributed by atoms with Crippen molar-refractivity contribution in [1.29, 1.82) is 0 Å². The third kappa shape index (κ3) is 2.72. The highest BCUT2D eigenvalue weighted by atomic mass is 32.1. The minimum atomic E-state index is -6.55. The summed E-state index contributed by atoms with van der Waals surface area (Å²) in [5.41, 5.74) is 0.330. The van der Waals surface area contributed by atoms with Gasteiger partial charge in [-0.2, -0.15) is 30.7 Å². The maximum atomic E-state index is 13.0. The molecule has 0 aliphatic carbocycles. The average Bonchev–Trinajstić information content (AvgIpc) is 2.55. The van der Waals surface area contributed by atoms with Gasteiger partial charge in [-0.25, -0.2) is 4.98 Å². The van der Waals surface area contributed by atoms with Gasteiger partial charge < -0.3 is 0 Å². The van der Waals surface area contributed by atoms with E-state index in [-0.39, 0.29) is 0 Å². The molecular weight excluding hydrogens is 317 g/mol. The van der Waals surface area contributed by atoms with Gasteiger partial charge in [-0.1, -0.05) is 0 Å². The standard InChI is InChI=1S/C9H7F7N2OS/c1-3-4(2)20-6(17-3)18-5(19)7(10,11)8(12,13)9(14,15)16/h1-2H3,(H,17,18,19). The molecule has 0 aliphatic rings. The lowest BCUT2D eigenvalue weighted by atomic mass is 10.1. The van der Waals surface area contributed by atoms with Gasteiger partial charge in [-0.05, 0) is 13.8 Å². The average molecular weight is 324 g/mol. The van der Waals surface area contributed by atoms with Crippen LogP contribution in [0.2, 0.25) is 0 Å². The van der Waals surface area contributed by atoms with Crippen molar-refractivity contribution in [2.24, 2.45) is 0 Å². The second kappa shape index (κ2) is 4.86.